The molecule has 0 unspecified atom stereocenters. The number of nitrogens with zero attached hydrogens (tertiary/aromatic N) is 2. The van der Waals surface area contributed by atoms with Crippen LogP contribution in [0.15, 0.2) is 35.6 Å². The molecular formula is C16H20N2O2S. The van der Waals surface area contributed by atoms with Gasteiger partial charge in [0.1, 0.15) is 0 Å². The van der Waals surface area contributed by atoms with Crippen molar-refractivity contribution in [3.8, 4) is 5.69 Å². The summed E-state index contributed by atoms with van der Waals surface area (Å²) in [6, 6.07) is 8.23. The van der Waals surface area contributed by atoms with Gasteiger partial charge in [-0.05, 0) is 24.0 Å². The Morgan fingerprint density at radius 3 is 2.71 bits per heavy atom. The molecule has 4 nitrogen and oxygen atoms in total. The Balaban J connectivity index is 2.51. The molecule has 2 rings (SSSR count). The minimum atomic E-state index is -0.829. The van der Waals surface area contributed by atoms with E-state index in [1.807, 2.05) is 18.3 Å². The van der Waals surface area contributed by atoms with Gasteiger partial charge in [0, 0.05) is 11.9 Å². The van der Waals surface area contributed by atoms with Gasteiger partial charge in [-0.25, -0.2) is 4.98 Å². The van der Waals surface area contributed by atoms with Crippen molar-refractivity contribution in [1.29, 1.82) is 0 Å². The molecule has 1 N–H and O–H groups in total. The van der Waals surface area contributed by atoms with E-state index in [0.29, 0.717) is 5.92 Å². The molecule has 0 saturated heterocycles. The predicted molar refractivity (Wildman–Crippen MR) is 85.4 cm³/mol. The maximum absolute atomic E-state index is 10.8. The van der Waals surface area contributed by atoms with Gasteiger partial charge in [-0.3, -0.25) is 9.36 Å². The average Bonchev–Trinajstić information content (AvgIpc) is 2.87. The minimum absolute atomic E-state index is 0.0179. The molecule has 0 saturated carbocycles. The van der Waals surface area contributed by atoms with Crippen LogP contribution in [-0.2, 0) is 11.2 Å². The molecule has 0 aliphatic carbocycles. The summed E-state index contributed by atoms with van der Waals surface area (Å²) in [5.41, 5.74) is 3.42. The Morgan fingerprint density at radius 2 is 2.10 bits per heavy atom. The first-order valence-electron chi connectivity index (χ1n) is 7.05. The molecular weight excluding hydrogens is 284 g/mol. The molecule has 0 spiro atoms. The molecule has 5 heteroatoms. The Hall–Kier alpha value is -1.75. The number of rotatable bonds is 6. The number of thioether (sulfide) groups is 1. The molecule has 0 aliphatic heterocycles. The molecule has 2 aromatic rings. The third-order valence-electron chi connectivity index (χ3n) is 3.29. The van der Waals surface area contributed by atoms with Gasteiger partial charge in [-0.15, -0.1) is 0 Å². The highest BCUT2D eigenvalue weighted by atomic mass is 32.2. The van der Waals surface area contributed by atoms with E-state index in [1.54, 1.807) is 0 Å². The van der Waals surface area contributed by atoms with Crippen LogP contribution in [0.1, 0.15) is 37.9 Å². The standard InChI is InChI=1S/C16H20N2O2S/c1-4-12-9-17-16(21-10-15(19)20)18(12)14-8-6-5-7-13(14)11(2)3/h5-9,11H,4,10H2,1-3H3,(H,19,20). The first kappa shape index (κ1) is 15.6. The quantitative estimate of drug-likeness (QED) is 0.826. The van der Waals surface area contributed by atoms with Crippen molar-refractivity contribution in [2.24, 2.45) is 0 Å². The van der Waals surface area contributed by atoms with Gasteiger partial charge in [0.25, 0.3) is 0 Å². The number of hydrogen-bond acceptors (Lipinski definition) is 3. The topological polar surface area (TPSA) is 55.1 Å². The smallest absolute Gasteiger partial charge is 0.313 e. The predicted octanol–water partition coefficient (Wildman–Crippen LogP) is 3.73. The van der Waals surface area contributed by atoms with Gasteiger partial charge >= 0.3 is 5.97 Å². The van der Waals surface area contributed by atoms with Gasteiger partial charge in [0.15, 0.2) is 5.16 Å². The first-order valence-corrected chi connectivity index (χ1v) is 8.03. The van der Waals surface area contributed by atoms with E-state index in [0.717, 1.165) is 23.0 Å². The van der Waals surface area contributed by atoms with Gasteiger partial charge in [0.05, 0.1) is 11.4 Å². The number of imidazole rings is 1. The minimum Gasteiger partial charge on any atom is -0.481 e. The average molecular weight is 304 g/mol. The summed E-state index contributed by atoms with van der Waals surface area (Å²) in [6.45, 7) is 6.40. The summed E-state index contributed by atoms with van der Waals surface area (Å²) in [5, 5.41) is 9.62. The van der Waals surface area contributed by atoms with Gasteiger partial charge in [0.2, 0.25) is 0 Å². The highest BCUT2D eigenvalue weighted by Crippen LogP contribution is 2.29. The molecule has 0 aliphatic rings. The van der Waals surface area contributed by atoms with Crippen LogP contribution in [0, 0.1) is 0 Å². The number of aliphatic carboxylic acids is 1. The van der Waals surface area contributed by atoms with Gasteiger partial charge in [-0.2, -0.15) is 0 Å². The third kappa shape index (κ3) is 3.47. The Kier molecular flexibility index (Phi) is 5.07. The van der Waals surface area contributed by atoms with E-state index in [9.17, 15) is 4.79 Å². The van der Waals surface area contributed by atoms with Gasteiger partial charge < -0.3 is 5.11 Å². The number of carboxylic acid groups (broad SMARTS) is 1. The van der Waals surface area contributed by atoms with E-state index < -0.39 is 5.97 Å². The molecule has 0 fully saturated rings. The zero-order chi connectivity index (χ0) is 15.4. The summed E-state index contributed by atoms with van der Waals surface area (Å²) < 4.78 is 2.09. The van der Waals surface area contributed by atoms with E-state index in [-0.39, 0.29) is 5.75 Å². The van der Waals surface area contributed by atoms with Crippen molar-refractivity contribution >= 4 is 17.7 Å². The van der Waals surface area contributed by atoms with Crippen LogP contribution in [-0.4, -0.2) is 26.4 Å². The van der Waals surface area contributed by atoms with Crippen LogP contribution in [0.3, 0.4) is 0 Å². The number of hydrogen-bond donors (Lipinski definition) is 1. The summed E-state index contributed by atoms with van der Waals surface area (Å²) in [6.07, 6.45) is 2.69. The highest BCUT2D eigenvalue weighted by molar-refractivity contribution is 7.99. The summed E-state index contributed by atoms with van der Waals surface area (Å²) >= 11 is 1.26. The SMILES string of the molecule is CCc1cnc(SCC(=O)O)n1-c1ccccc1C(C)C. The number of carbonyl (C=O) groups is 1. The Labute approximate surface area is 129 Å². The number of para-hydroxylation sites is 1. The lowest BCUT2D eigenvalue weighted by Crippen LogP contribution is -2.07. The summed E-state index contributed by atoms with van der Waals surface area (Å²) in [4.78, 5) is 15.2. The lowest BCUT2D eigenvalue weighted by molar-refractivity contribution is -0.133. The lowest BCUT2D eigenvalue weighted by atomic mass is 10.0. The monoisotopic (exact) mass is 304 g/mol. The Morgan fingerprint density at radius 1 is 1.38 bits per heavy atom. The maximum Gasteiger partial charge on any atom is 0.313 e. The van der Waals surface area contributed by atoms with Crippen molar-refractivity contribution in [2.45, 2.75) is 38.3 Å². The number of carboxylic acids is 1. The van der Waals surface area contributed by atoms with E-state index >= 15 is 0 Å². The fraction of sp³-hybridized carbons (Fsp3) is 0.375. The molecule has 0 amide bonds. The van der Waals surface area contributed by atoms with Crippen LogP contribution < -0.4 is 0 Å². The van der Waals surface area contributed by atoms with Crippen LogP contribution in [0.5, 0.6) is 0 Å². The fourth-order valence-corrected chi connectivity index (χ4v) is 3.01. The summed E-state index contributed by atoms with van der Waals surface area (Å²) in [5.74, 6) is -0.417. The molecule has 21 heavy (non-hydrogen) atoms. The van der Waals surface area contributed by atoms with Crippen molar-refractivity contribution in [3.63, 3.8) is 0 Å². The largest absolute Gasteiger partial charge is 0.481 e. The van der Waals surface area contributed by atoms with Crippen molar-refractivity contribution in [1.82, 2.24) is 9.55 Å². The molecule has 0 radical (unpaired) electrons. The summed E-state index contributed by atoms with van der Waals surface area (Å²) in [7, 11) is 0. The molecule has 1 heterocycles. The maximum atomic E-state index is 10.8. The van der Waals surface area contributed by atoms with Crippen molar-refractivity contribution < 1.29 is 9.90 Å². The second-order valence-electron chi connectivity index (χ2n) is 5.12. The van der Waals surface area contributed by atoms with Gasteiger partial charge in [-0.1, -0.05) is 50.7 Å². The zero-order valence-electron chi connectivity index (χ0n) is 12.5. The van der Waals surface area contributed by atoms with E-state index in [4.69, 9.17) is 5.11 Å². The van der Waals surface area contributed by atoms with Crippen molar-refractivity contribution in [2.75, 3.05) is 5.75 Å². The lowest BCUT2D eigenvalue weighted by Gasteiger charge is -2.17. The molecule has 1 aromatic heterocycles. The molecule has 1 aromatic carbocycles. The molecule has 0 atom stereocenters. The van der Waals surface area contributed by atoms with Crippen LogP contribution in [0.2, 0.25) is 0 Å². The molecule has 0 bridgehead atoms. The normalized spacial score (nSPS) is 11.0. The highest BCUT2D eigenvalue weighted by Gasteiger charge is 2.16. The number of benzene rings is 1. The van der Waals surface area contributed by atoms with Crippen LogP contribution >= 0.6 is 11.8 Å². The number of aryl methyl sites for hydroxylation is 1. The van der Waals surface area contributed by atoms with Crippen LogP contribution in [0.25, 0.3) is 5.69 Å². The Bertz CT molecular complexity index is 635. The van der Waals surface area contributed by atoms with Crippen LogP contribution in [0.4, 0.5) is 0 Å². The third-order valence-corrected chi connectivity index (χ3v) is 4.23. The van der Waals surface area contributed by atoms with E-state index in [1.165, 1.54) is 17.3 Å². The molecule has 112 valence electrons. The fourth-order valence-electron chi connectivity index (χ4n) is 2.28. The van der Waals surface area contributed by atoms with Crippen molar-refractivity contribution in [3.05, 3.63) is 41.7 Å². The first-order chi connectivity index (χ1) is 10.0. The van der Waals surface area contributed by atoms with E-state index in [2.05, 4.69) is 42.5 Å². The second-order valence-corrected chi connectivity index (χ2v) is 6.06. The second kappa shape index (κ2) is 6.80. The zero-order valence-corrected chi connectivity index (χ0v) is 13.4. The number of aromatic nitrogens is 2.